The zero-order valence-corrected chi connectivity index (χ0v) is 14.2. The second-order valence-corrected chi connectivity index (χ2v) is 7.00. The fourth-order valence-electron chi connectivity index (χ4n) is 2.89. The fourth-order valence-corrected chi connectivity index (χ4v) is 3.70. The summed E-state index contributed by atoms with van der Waals surface area (Å²) in [4.78, 5) is 28.8. The van der Waals surface area contributed by atoms with Gasteiger partial charge < -0.3 is 14.4 Å². The number of piperidine rings is 1. The maximum absolute atomic E-state index is 13.1. The predicted molar refractivity (Wildman–Crippen MR) is 85.4 cm³/mol. The number of carbonyl (C=O) groups excluding carboxylic acids is 1. The molecule has 2 atom stereocenters. The normalized spacial score (nSPS) is 21.0. The third-order valence-corrected chi connectivity index (χ3v) is 5.21. The number of carboxylic acid groups (broad SMARTS) is 1. The number of hydrogen-bond donors (Lipinski definition) is 1. The average Bonchev–Trinajstić information content (AvgIpc) is 3.24. The van der Waals surface area contributed by atoms with E-state index >= 15 is 0 Å². The number of aromatic nitrogens is 1. The number of carboxylic acids is 1. The lowest BCUT2D eigenvalue weighted by Gasteiger charge is -2.36. The molecule has 1 N–H and O–H groups in total. The lowest BCUT2D eigenvalue weighted by Crippen LogP contribution is -2.50. The van der Waals surface area contributed by atoms with Crippen molar-refractivity contribution in [2.24, 2.45) is 11.8 Å². The Hall–Kier alpha value is -2.36. The smallest absolute Gasteiger partial charge is 0.393 e. The molecule has 10 heteroatoms. The Morgan fingerprint density at radius 1 is 1.38 bits per heavy atom. The molecule has 1 fully saturated rings. The van der Waals surface area contributed by atoms with Gasteiger partial charge in [0.25, 0.3) is 0 Å². The molecular weight excluding hydrogens is 373 g/mol. The van der Waals surface area contributed by atoms with Gasteiger partial charge in [0.1, 0.15) is 11.3 Å². The Balaban J connectivity index is 1.70. The monoisotopic (exact) mass is 388 g/mol. The van der Waals surface area contributed by atoms with Gasteiger partial charge in [-0.05, 0) is 12.5 Å². The number of likely N-dealkylation sites (tertiary alicyclic amines) is 1. The summed E-state index contributed by atoms with van der Waals surface area (Å²) in [5.74, 6) is -4.95. The number of rotatable bonds is 4. The Labute approximate surface area is 150 Å². The first-order valence-corrected chi connectivity index (χ1v) is 8.66. The van der Waals surface area contributed by atoms with Gasteiger partial charge in [0.15, 0.2) is 0 Å². The number of hydrogen-bond acceptors (Lipinski definition) is 5. The van der Waals surface area contributed by atoms with Crippen LogP contribution in [0.5, 0.6) is 0 Å². The number of alkyl halides is 3. The van der Waals surface area contributed by atoms with Gasteiger partial charge in [-0.25, -0.2) is 4.98 Å². The van der Waals surface area contributed by atoms with Crippen LogP contribution in [0.1, 0.15) is 12.1 Å². The molecule has 0 radical (unpaired) electrons. The van der Waals surface area contributed by atoms with Crippen molar-refractivity contribution in [3.63, 3.8) is 0 Å². The molecule has 140 valence electrons. The van der Waals surface area contributed by atoms with Crippen LogP contribution in [0.2, 0.25) is 0 Å². The Kier molecular flexibility index (Phi) is 5.03. The lowest BCUT2D eigenvalue weighted by atomic mass is 9.88. The van der Waals surface area contributed by atoms with E-state index in [0.29, 0.717) is 10.7 Å². The molecule has 1 aliphatic heterocycles. The molecule has 3 heterocycles. The summed E-state index contributed by atoms with van der Waals surface area (Å²) in [7, 11) is 0. The standard InChI is InChI=1S/C16H15F3N2O4S/c17-16(18,19)11-3-10(15(23)24)5-21(6-11)13(22)4-12-8-26-14(20-12)9-1-2-25-7-9/h1-2,7-8,10-11H,3-6H2,(H,23,24)/t10-,11+/m1/s1. The molecule has 0 aromatic carbocycles. The van der Waals surface area contributed by atoms with Crippen molar-refractivity contribution in [3.8, 4) is 10.6 Å². The van der Waals surface area contributed by atoms with E-state index < -0.39 is 42.9 Å². The highest BCUT2D eigenvalue weighted by Gasteiger charge is 2.47. The van der Waals surface area contributed by atoms with Crippen molar-refractivity contribution in [1.29, 1.82) is 0 Å². The van der Waals surface area contributed by atoms with Gasteiger partial charge in [-0.1, -0.05) is 0 Å². The van der Waals surface area contributed by atoms with E-state index in [1.54, 1.807) is 11.4 Å². The van der Waals surface area contributed by atoms with Gasteiger partial charge in [0.2, 0.25) is 5.91 Å². The van der Waals surface area contributed by atoms with Crippen LogP contribution < -0.4 is 0 Å². The summed E-state index contributed by atoms with van der Waals surface area (Å²) < 4.78 is 44.1. The maximum Gasteiger partial charge on any atom is 0.393 e. The number of nitrogens with zero attached hydrogens (tertiary/aromatic N) is 2. The van der Waals surface area contributed by atoms with E-state index in [2.05, 4.69) is 4.98 Å². The molecule has 0 unspecified atom stereocenters. The second kappa shape index (κ2) is 7.10. The first-order valence-electron chi connectivity index (χ1n) is 7.78. The minimum Gasteiger partial charge on any atom is -0.481 e. The SMILES string of the molecule is O=C(O)[C@@H]1C[C@H](C(F)(F)F)CN(C(=O)Cc2csc(-c3ccoc3)n2)C1. The summed E-state index contributed by atoms with van der Waals surface area (Å²) in [6.45, 7) is -0.746. The van der Waals surface area contributed by atoms with Crippen LogP contribution >= 0.6 is 11.3 Å². The van der Waals surface area contributed by atoms with Crippen molar-refractivity contribution in [1.82, 2.24) is 9.88 Å². The largest absolute Gasteiger partial charge is 0.481 e. The average molecular weight is 388 g/mol. The van der Waals surface area contributed by atoms with Crippen LogP contribution in [-0.2, 0) is 16.0 Å². The van der Waals surface area contributed by atoms with Crippen LogP contribution in [0, 0.1) is 11.8 Å². The molecule has 3 rings (SSSR count). The minimum absolute atomic E-state index is 0.175. The topological polar surface area (TPSA) is 83.6 Å². The summed E-state index contributed by atoms with van der Waals surface area (Å²) in [6.07, 6.45) is -2.24. The lowest BCUT2D eigenvalue weighted by molar-refractivity contribution is -0.194. The number of thiazole rings is 1. The first-order chi connectivity index (χ1) is 12.2. The maximum atomic E-state index is 13.1. The Bertz CT molecular complexity index is 788. The number of halogens is 3. The van der Waals surface area contributed by atoms with E-state index in [1.807, 2.05) is 0 Å². The second-order valence-electron chi connectivity index (χ2n) is 6.14. The van der Waals surface area contributed by atoms with Crippen LogP contribution in [0.4, 0.5) is 13.2 Å². The highest BCUT2D eigenvalue weighted by molar-refractivity contribution is 7.13. The summed E-state index contributed by atoms with van der Waals surface area (Å²) in [6, 6.07) is 1.71. The minimum atomic E-state index is -4.54. The van der Waals surface area contributed by atoms with E-state index in [9.17, 15) is 22.8 Å². The highest BCUT2D eigenvalue weighted by atomic mass is 32.1. The molecule has 0 aliphatic carbocycles. The molecule has 0 saturated carbocycles. The summed E-state index contributed by atoms with van der Waals surface area (Å²) in [5, 5.41) is 11.4. The van der Waals surface area contributed by atoms with Crippen molar-refractivity contribution in [3.05, 3.63) is 29.7 Å². The van der Waals surface area contributed by atoms with Gasteiger partial charge in [0.05, 0.1) is 30.2 Å². The van der Waals surface area contributed by atoms with Crippen molar-refractivity contribution in [2.75, 3.05) is 13.1 Å². The first kappa shape index (κ1) is 18.4. The molecule has 0 bridgehead atoms. The molecule has 1 amide bonds. The fraction of sp³-hybridized carbons (Fsp3) is 0.438. The molecule has 0 spiro atoms. The van der Waals surface area contributed by atoms with E-state index in [0.717, 1.165) is 10.5 Å². The Morgan fingerprint density at radius 3 is 2.77 bits per heavy atom. The van der Waals surface area contributed by atoms with Crippen LogP contribution in [-0.4, -0.2) is 46.1 Å². The molecular formula is C16H15F3N2O4S. The number of furan rings is 1. The van der Waals surface area contributed by atoms with E-state index in [4.69, 9.17) is 9.52 Å². The number of amides is 1. The molecule has 26 heavy (non-hydrogen) atoms. The van der Waals surface area contributed by atoms with Crippen molar-refractivity contribution >= 4 is 23.2 Å². The number of aliphatic carboxylic acids is 1. The molecule has 6 nitrogen and oxygen atoms in total. The highest BCUT2D eigenvalue weighted by Crippen LogP contribution is 2.35. The van der Waals surface area contributed by atoms with Crippen LogP contribution in [0.3, 0.4) is 0 Å². The van der Waals surface area contributed by atoms with Gasteiger partial charge in [-0.3, -0.25) is 9.59 Å². The molecule has 1 saturated heterocycles. The van der Waals surface area contributed by atoms with Gasteiger partial charge in [0, 0.05) is 24.0 Å². The van der Waals surface area contributed by atoms with Gasteiger partial charge >= 0.3 is 12.1 Å². The third kappa shape index (κ3) is 4.06. The molecule has 2 aromatic heterocycles. The summed E-state index contributed by atoms with van der Waals surface area (Å²) in [5.41, 5.74) is 1.17. The number of carbonyl (C=O) groups is 2. The summed E-state index contributed by atoms with van der Waals surface area (Å²) >= 11 is 1.29. The molecule has 1 aliphatic rings. The molecule has 2 aromatic rings. The van der Waals surface area contributed by atoms with Crippen molar-refractivity contribution < 1.29 is 32.3 Å². The predicted octanol–water partition coefficient (Wildman–Crippen LogP) is 3.06. The van der Waals surface area contributed by atoms with Crippen molar-refractivity contribution in [2.45, 2.75) is 19.0 Å². The Morgan fingerprint density at radius 2 is 2.15 bits per heavy atom. The van der Waals surface area contributed by atoms with Gasteiger partial charge in [-0.2, -0.15) is 13.2 Å². The van der Waals surface area contributed by atoms with Crippen LogP contribution in [0.25, 0.3) is 10.6 Å². The van der Waals surface area contributed by atoms with Gasteiger partial charge in [-0.15, -0.1) is 11.3 Å². The quantitative estimate of drug-likeness (QED) is 0.870. The zero-order valence-electron chi connectivity index (χ0n) is 13.4. The van der Waals surface area contributed by atoms with E-state index in [1.165, 1.54) is 23.9 Å². The zero-order chi connectivity index (χ0) is 18.9. The van der Waals surface area contributed by atoms with E-state index in [-0.39, 0.29) is 13.0 Å². The van der Waals surface area contributed by atoms with Crippen LogP contribution in [0.15, 0.2) is 28.4 Å². The third-order valence-electron chi connectivity index (χ3n) is 4.27.